The van der Waals surface area contributed by atoms with Crippen molar-refractivity contribution in [2.75, 3.05) is 5.73 Å². The van der Waals surface area contributed by atoms with Crippen molar-refractivity contribution in [2.24, 2.45) is 0 Å². The zero-order valence-electron chi connectivity index (χ0n) is 12.4. The summed E-state index contributed by atoms with van der Waals surface area (Å²) in [5, 5.41) is 0.0455. The number of benzene rings is 1. The number of sulfonamides is 1. The highest BCUT2D eigenvalue weighted by molar-refractivity contribution is 7.89. The van der Waals surface area contributed by atoms with E-state index in [1.807, 2.05) is 6.92 Å². The van der Waals surface area contributed by atoms with Gasteiger partial charge in [-0.2, -0.15) is 0 Å². The molecule has 0 aliphatic rings. The first-order valence-corrected chi connectivity index (χ1v) is 8.23. The Morgan fingerprint density at radius 3 is 2.48 bits per heavy atom. The Kier molecular flexibility index (Phi) is 4.34. The fourth-order valence-electron chi connectivity index (χ4n) is 2.07. The van der Waals surface area contributed by atoms with Crippen LogP contribution < -0.4 is 10.5 Å². The molecule has 0 radical (unpaired) electrons. The molecule has 0 amide bonds. The molecule has 6 nitrogen and oxygen atoms in total. The molecule has 21 heavy (non-hydrogen) atoms. The first-order chi connectivity index (χ1) is 9.83. The lowest BCUT2D eigenvalue weighted by Crippen LogP contribution is -2.27. The number of nitrogen functional groups attached to an aromatic ring is 1. The smallest absolute Gasteiger partial charge is 0.260 e. The van der Waals surface area contributed by atoms with Crippen LogP contribution in [0.4, 0.5) is 5.69 Å². The van der Waals surface area contributed by atoms with Crippen LogP contribution in [0, 0.1) is 6.92 Å². The fourth-order valence-corrected chi connectivity index (χ4v) is 3.32. The molecule has 0 aliphatic heterocycles. The highest BCUT2D eigenvalue weighted by Gasteiger charge is 2.22. The van der Waals surface area contributed by atoms with E-state index in [-0.39, 0.29) is 11.1 Å². The van der Waals surface area contributed by atoms with Crippen LogP contribution in [-0.4, -0.2) is 18.0 Å². The summed E-state index contributed by atoms with van der Waals surface area (Å²) < 4.78 is 29.1. The Balaban J connectivity index is 2.22. The lowest BCUT2D eigenvalue weighted by molar-refractivity contribution is 0.563. The number of imidazole rings is 1. The predicted molar refractivity (Wildman–Crippen MR) is 82.2 cm³/mol. The predicted octanol–water partition coefficient (Wildman–Crippen LogP) is 1.83. The van der Waals surface area contributed by atoms with Gasteiger partial charge >= 0.3 is 0 Å². The molecule has 0 bridgehead atoms. The molecule has 2 rings (SSSR count). The fraction of sp³-hybridized carbons (Fsp3) is 0.357. The summed E-state index contributed by atoms with van der Waals surface area (Å²) in [6.07, 6.45) is 1.55. The molecule has 3 N–H and O–H groups in total. The maximum absolute atomic E-state index is 12.4. The molecule has 0 saturated carbocycles. The topological polar surface area (TPSA) is 90.0 Å². The standard InChI is InChI=1S/C14H20N4O2S/c1-4-18-9-14(16-11(18)3)21(19,20)17-10(2)12-5-7-13(15)8-6-12/h5-10,17H,4,15H2,1-3H3. The summed E-state index contributed by atoms with van der Waals surface area (Å²) in [5.41, 5.74) is 7.12. The lowest BCUT2D eigenvalue weighted by Gasteiger charge is -2.13. The third kappa shape index (κ3) is 3.43. The number of aromatic nitrogens is 2. The number of hydrogen-bond donors (Lipinski definition) is 2. The van der Waals surface area contributed by atoms with E-state index < -0.39 is 10.0 Å². The van der Waals surface area contributed by atoms with Crippen LogP contribution in [0.3, 0.4) is 0 Å². The maximum atomic E-state index is 12.4. The highest BCUT2D eigenvalue weighted by Crippen LogP contribution is 2.18. The molecule has 1 atom stereocenters. The summed E-state index contributed by atoms with van der Waals surface area (Å²) in [6, 6.07) is 6.74. The van der Waals surface area contributed by atoms with E-state index in [1.54, 1.807) is 48.9 Å². The van der Waals surface area contributed by atoms with Gasteiger partial charge < -0.3 is 10.3 Å². The molecule has 7 heteroatoms. The molecule has 0 fully saturated rings. The first-order valence-electron chi connectivity index (χ1n) is 6.75. The van der Waals surface area contributed by atoms with Gasteiger partial charge in [-0.15, -0.1) is 0 Å². The number of nitrogens with zero attached hydrogens (tertiary/aromatic N) is 2. The van der Waals surface area contributed by atoms with E-state index in [4.69, 9.17) is 5.73 Å². The van der Waals surface area contributed by atoms with Crippen LogP contribution in [0.5, 0.6) is 0 Å². The molecule has 0 spiro atoms. The minimum atomic E-state index is -3.64. The lowest BCUT2D eigenvalue weighted by atomic mass is 10.1. The molecule has 114 valence electrons. The molecule has 1 heterocycles. The summed E-state index contributed by atoms with van der Waals surface area (Å²) in [4.78, 5) is 4.11. The summed E-state index contributed by atoms with van der Waals surface area (Å²) in [5.74, 6) is 0.679. The Hall–Kier alpha value is -1.86. The number of nitrogens with two attached hydrogens (primary N) is 1. The van der Waals surface area contributed by atoms with Gasteiger partial charge in [0, 0.05) is 24.5 Å². The van der Waals surface area contributed by atoms with Gasteiger partial charge in [-0.05, 0) is 38.5 Å². The largest absolute Gasteiger partial charge is 0.399 e. The van der Waals surface area contributed by atoms with Crippen LogP contribution in [0.2, 0.25) is 0 Å². The molecule has 0 saturated heterocycles. The van der Waals surface area contributed by atoms with Crippen molar-refractivity contribution < 1.29 is 8.42 Å². The van der Waals surface area contributed by atoms with Crippen LogP contribution in [-0.2, 0) is 16.6 Å². The minimum absolute atomic E-state index is 0.0455. The van der Waals surface area contributed by atoms with E-state index in [0.717, 1.165) is 5.56 Å². The van der Waals surface area contributed by atoms with Gasteiger partial charge in [0.2, 0.25) is 0 Å². The van der Waals surface area contributed by atoms with Crippen LogP contribution >= 0.6 is 0 Å². The SMILES string of the molecule is CCn1cc(S(=O)(=O)NC(C)c2ccc(N)cc2)nc1C. The average molecular weight is 308 g/mol. The number of nitrogens with one attached hydrogen (secondary N) is 1. The molecule has 1 unspecified atom stereocenters. The van der Waals surface area contributed by atoms with Gasteiger partial charge in [-0.1, -0.05) is 12.1 Å². The Morgan fingerprint density at radius 1 is 1.33 bits per heavy atom. The highest BCUT2D eigenvalue weighted by atomic mass is 32.2. The molecule has 1 aromatic heterocycles. The average Bonchev–Trinajstić information content (AvgIpc) is 2.81. The maximum Gasteiger partial charge on any atom is 0.260 e. The second kappa shape index (κ2) is 5.87. The van der Waals surface area contributed by atoms with E-state index in [1.165, 1.54) is 0 Å². The van der Waals surface area contributed by atoms with E-state index >= 15 is 0 Å². The molecule has 2 aromatic rings. The van der Waals surface area contributed by atoms with Crippen LogP contribution in [0.1, 0.15) is 31.3 Å². The third-order valence-corrected chi connectivity index (χ3v) is 4.75. The summed E-state index contributed by atoms with van der Waals surface area (Å²) in [6.45, 7) is 6.19. The zero-order chi connectivity index (χ0) is 15.6. The van der Waals surface area contributed by atoms with E-state index in [0.29, 0.717) is 18.1 Å². The van der Waals surface area contributed by atoms with Gasteiger partial charge in [0.25, 0.3) is 10.0 Å². The Bertz CT molecular complexity index is 720. The normalized spacial score (nSPS) is 13.3. The van der Waals surface area contributed by atoms with Crippen LogP contribution in [0.25, 0.3) is 0 Å². The van der Waals surface area contributed by atoms with Crippen molar-refractivity contribution in [1.82, 2.24) is 14.3 Å². The van der Waals surface area contributed by atoms with Crippen molar-refractivity contribution in [3.63, 3.8) is 0 Å². The number of anilines is 1. The molecule has 1 aromatic carbocycles. The Morgan fingerprint density at radius 2 is 1.95 bits per heavy atom. The van der Waals surface area contributed by atoms with Gasteiger partial charge in [-0.3, -0.25) is 0 Å². The zero-order valence-corrected chi connectivity index (χ0v) is 13.2. The second-order valence-corrected chi connectivity index (χ2v) is 6.58. The third-order valence-electron chi connectivity index (χ3n) is 3.34. The quantitative estimate of drug-likeness (QED) is 0.825. The van der Waals surface area contributed by atoms with Crippen molar-refractivity contribution in [1.29, 1.82) is 0 Å². The summed E-state index contributed by atoms with van der Waals surface area (Å²) >= 11 is 0. The number of aryl methyl sites for hydroxylation is 2. The van der Waals surface area contributed by atoms with Gasteiger partial charge in [0.1, 0.15) is 5.82 Å². The number of hydrogen-bond acceptors (Lipinski definition) is 4. The van der Waals surface area contributed by atoms with E-state index in [9.17, 15) is 8.42 Å². The first kappa shape index (κ1) is 15.5. The second-order valence-electron chi connectivity index (χ2n) is 4.92. The number of rotatable bonds is 5. The van der Waals surface area contributed by atoms with Gasteiger partial charge in [0.05, 0.1) is 0 Å². The van der Waals surface area contributed by atoms with Crippen molar-refractivity contribution >= 4 is 15.7 Å². The summed E-state index contributed by atoms with van der Waals surface area (Å²) in [7, 11) is -3.64. The van der Waals surface area contributed by atoms with Crippen molar-refractivity contribution in [3.05, 3.63) is 41.9 Å². The van der Waals surface area contributed by atoms with Crippen molar-refractivity contribution in [2.45, 2.75) is 38.4 Å². The molecular weight excluding hydrogens is 288 g/mol. The monoisotopic (exact) mass is 308 g/mol. The molecule has 0 aliphatic carbocycles. The van der Waals surface area contributed by atoms with Crippen LogP contribution in [0.15, 0.2) is 35.5 Å². The van der Waals surface area contributed by atoms with Gasteiger partial charge in [-0.25, -0.2) is 18.1 Å². The van der Waals surface area contributed by atoms with Gasteiger partial charge in [0.15, 0.2) is 5.03 Å². The van der Waals surface area contributed by atoms with Crippen molar-refractivity contribution in [3.8, 4) is 0 Å². The Labute approximate surface area is 125 Å². The minimum Gasteiger partial charge on any atom is -0.399 e. The molecular formula is C14H20N4O2S. The van der Waals surface area contributed by atoms with E-state index in [2.05, 4.69) is 9.71 Å².